The lowest BCUT2D eigenvalue weighted by atomic mass is 10.2. The predicted molar refractivity (Wildman–Crippen MR) is 38.7 cm³/mol. The number of carboxylic acids is 1. The van der Waals surface area contributed by atoms with E-state index in [9.17, 15) is 4.79 Å². The minimum atomic E-state index is -1.10. The molecule has 0 bridgehead atoms. The lowest BCUT2D eigenvalue weighted by Gasteiger charge is -1.98. The molecular formula is C6H5ClN2O2. The molecule has 0 aliphatic rings. The van der Waals surface area contributed by atoms with Gasteiger partial charge in [-0.2, -0.15) is 0 Å². The van der Waals surface area contributed by atoms with Crippen LogP contribution in [0.25, 0.3) is 0 Å². The molecule has 0 atom stereocenters. The molecular weight excluding hydrogens is 168 g/mol. The van der Waals surface area contributed by atoms with Gasteiger partial charge in [0.1, 0.15) is 17.0 Å². The topological polar surface area (TPSA) is 63.1 Å². The molecule has 0 radical (unpaired) electrons. The highest BCUT2D eigenvalue weighted by molar-refractivity contribution is 6.32. The van der Waals surface area contributed by atoms with Crippen molar-refractivity contribution >= 4 is 17.6 Å². The van der Waals surface area contributed by atoms with Crippen molar-refractivity contribution in [3.05, 3.63) is 22.7 Å². The largest absolute Gasteiger partial charge is 0.478 e. The number of rotatable bonds is 1. The molecule has 0 aromatic carbocycles. The van der Waals surface area contributed by atoms with Crippen LogP contribution >= 0.6 is 11.6 Å². The third kappa shape index (κ3) is 1.46. The van der Waals surface area contributed by atoms with E-state index in [-0.39, 0.29) is 10.7 Å². The average molecular weight is 173 g/mol. The average Bonchev–Trinajstić information content (AvgIpc) is 1.85. The van der Waals surface area contributed by atoms with Crippen molar-refractivity contribution in [3.63, 3.8) is 0 Å². The molecule has 4 nitrogen and oxygen atoms in total. The summed E-state index contributed by atoms with van der Waals surface area (Å²) in [5.74, 6) is -1.10. The number of nitrogens with zero attached hydrogens (tertiary/aromatic N) is 2. The summed E-state index contributed by atoms with van der Waals surface area (Å²) in [4.78, 5) is 17.7. The van der Waals surface area contributed by atoms with Crippen molar-refractivity contribution in [1.29, 1.82) is 0 Å². The molecule has 1 N–H and O–H groups in total. The van der Waals surface area contributed by atoms with Gasteiger partial charge in [-0.15, -0.1) is 0 Å². The number of aryl methyl sites for hydroxylation is 1. The summed E-state index contributed by atoms with van der Waals surface area (Å²) in [5, 5.41) is 8.56. The summed E-state index contributed by atoms with van der Waals surface area (Å²) < 4.78 is 0. The fourth-order valence-corrected chi connectivity index (χ4v) is 0.949. The Kier molecular flexibility index (Phi) is 2.05. The van der Waals surface area contributed by atoms with Crippen LogP contribution in [0.2, 0.25) is 5.15 Å². The zero-order valence-electron chi connectivity index (χ0n) is 5.71. The van der Waals surface area contributed by atoms with Gasteiger partial charge < -0.3 is 5.11 Å². The van der Waals surface area contributed by atoms with Crippen molar-refractivity contribution in [2.75, 3.05) is 0 Å². The highest BCUT2D eigenvalue weighted by Crippen LogP contribution is 2.13. The molecule has 0 amide bonds. The number of hydrogen-bond acceptors (Lipinski definition) is 3. The summed E-state index contributed by atoms with van der Waals surface area (Å²) in [6.07, 6.45) is 1.23. The maximum atomic E-state index is 10.5. The molecule has 0 fully saturated rings. The first-order valence-electron chi connectivity index (χ1n) is 2.83. The van der Waals surface area contributed by atoms with Gasteiger partial charge in [0.25, 0.3) is 0 Å². The van der Waals surface area contributed by atoms with Gasteiger partial charge >= 0.3 is 5.97 Å². The third-order valence-corrected chi connectivity index (χ3v) is 1.49. The van der Waals surface area contributed by atoms with Crippen LogP contribution in [0.3, 0.4) is 0 Å². The van der Waals surface area contributed by atoms with E-state index >= 15 is 0 Å². The van der Waals surface area contributed by atoms with Gasteiger partial charge in [-0.1, -0.05) is 11.6 Å². The second-order valence-electron chi connectivity index (χ2n) is 1.93. The molecule has 11 heavy (non-hydrogen) atoms. The Morgan fingerprint density at radius 3 is 2.64 bits per heavy atom. The van der Waals surface area contributed by atoms with Gasteiger partial charge in [-0.3, -0.25) is 0 Å². The Morgan fingerprint density at radius 2 is 2.27 bits per heavy atom. The lowest BCUT2D eigenvalue weighted by molar-refractivity contribution is 0.0695. The van der Waals surface area contributed by atoms with Crippen molar-refractivity contribution in [3.8, 4) is 0 Å². The van der Waals surface area contributed by atoms with E-state index in [1.807, 2.05) is 0 Å². The minimum absolute atomic E-state index is 0.0231. The molecule has 0 unspecified atom stereocenters. The summed E-state index contributed by atoms with van der Waals surface area (Å²) in [6.45, 7) is 1.57. The van der Waals surface area contributed by atoms with Crippen LogP contribution in [-0.2, 0) is 0 Å². The fraction of sp³-hybridized carbons (Fsp3) is 0.167. The standard InChI is InChI=1S/C6H5ClN2O2/c1-3-4(6(10)11)5(7)9-2-8-3/h2H,1H3,(H,10,11). The number of carbonyl (C=O) groups is 1. The Bertz CT molecular complexity index is 280. The first-order chi connectivity index (χ1) is 5.13. The molecule has 58 valence electrons. The predicted octanol–water partition coefficient (Wildman–Crippen LogP) is 1.14. The third-order valence-electron chi connectivity index (χ3n) is 1.20. The zero-order chi connectivity index (χ0) is 8.43. The quantitative estimate of drug-likeness (QED) is 0.646. The van der Waals surface area contributed by atoms with Gasteiger partial charge in [0, 0.05) is 0 Å². The van der Waals surface area contributed by atoms with Gasteiger partial charge in [-0.05, 0) is 6.92 Å². The lowest BCUT2D eigenvalue weighted by Crippen LogP contribution is -2.03. The zero-order valence-corrected chi connectivity index (χ0v) is 6.46. The van der Waals surface area contributed by atoms with Crippen LogP contribution in [0.4, 0.5) is 0 Å². The molecule has 1 heterocycles. The Hall–Kier alpha value is -1.16. The van der Waals surface area contributed by atoms with Gasteiger partial charge in [0.05, 0.1) is 5.69 Å². The van der Waals surface area contributed by atoms with E-state index in [4.69, 9.17) is 16.7 Å². The molecule has 0 spiro atoms. The number of carboxylic acid groups (broad SMARTS) is 1. The smallest absolute Gasteiger partial charge is 0.340 e. The van der Waals surface area contributed by atoms with E-state index in [2.05, 4.69) is 9.97 Å². The van der Waals surface area contributed by atoms with Crippen LogP contribution in [0.15, 0.2) is 6.33 Å². The summed E-state index contributed by atoms with van der Waals surface area (Å²) in [6, 6.07) is 0. The minimum Gasteiger partial charge on any atom is -0.478 e. The van der Waals surface area contributed by atoms with Crippen LogP contribution < -0.4 is 0 Å². The van der Waals surface area contributed by atoms with Crippen LogP contribution in [0.5, 0.6) is 0 Å². The number of hydrogen-bond donors (Lipinski definition) is 1. The van der Waals surface area contributed by atoms with Crippen LogP contribution in [0.1, 0.15) is 16.1 Å². The van der Waals surface area contributed by atoms with Crippen LogP contribution in [0, 0.1) is 6.92 Å². The fourth-order valence-electron chi connectivity index (χ4n) is 0.688. The van der Waals surface area contributed by atoms with Crippen molar-refractivity contribution in [1.82, 2.24) is 9.97 Å². The van der Waals surface area contributed by atoms with Crippen molar-refractivity contribution in [2.24, 2.45) is 0 Å². The molecule has 1 rings (SSSR count). The monoisotopic (exact) mass is 172 g/mol. The van der Waals surface area contributed by atoms with Gasteiger partial charge in [-0.25, -0.2) is 14.8 Å². The highest BCUT2D eigenvalue weighted by atomic mass is 35.5. The second-order valence-corrected chi connectivity index (χ2v) is 2.29. The van der Waals surface area contributed by atoms with E-state index < -0.39 is 5.97 Å². The normalized spacial score (nSPS) is 9.64. The molecule has 1 aromatic rings. The summed E-state index contributed by atoms with van der Waals surface area (Å²) in [7, 11) is 0. The number of aromatic nitrogens is 2. The maximum absolute atomic E-state index is 10.5. The molecule has 0 aliphatic heterocycles. The Balaban J connectivity index is 3.32. The first kappa shape index (κ1) is 7.94. The summed E-state index contributed by atoms with van der Waals surface area (Å²) >= 11 is 5.49. The van der Waals surface area contributed by atoms with Crippen molar-refractivity contribution < 1.29 is 9.90 Å². The van der Waals surface area contributed by atoms with Crippen molar-refractivity contribution in [2.45, 2.75) is 6.92 Å². The SMILES string of the molecule is Cc1ncnc(Cl)c1C(=O)O. The molecule has 0 saturated heterocycles. The van der Waals surface area contributed by atoms with E-state index in [0.717, 1.165) is 0 Å². The maximum Gasteiger partial charge on any atom is 0.340 e. The number of aromatic carboxylic acids is 1. The summed E-state index contributed by atoms with van der Waals surface area (Å²) in [5.41, 5.74) is 0.340. The molecule has 0 saturated carbocycles. The van der Waals surface area contributed by atoms with E-state index in [0.29, 0.717) is 5.69 Å². The van der Waals surface area contributed by atoms with E-state index in [1.165, 1.54) is 6.33 Å². The highest BCUT2D eigenvalue weighted by Gasteiger charge is 2.12. The molecule has 1 aromatic heterocycles. The molecule has 5 heteroatoms. The second kappa shape index (κ2) is 2.84. The number of halogens is 1. The van der Waals surface area contributed by atoms with Gasteiger partial charge in [0.2, 0.25) is 0 Å². The molecule has 0 aliphatic carbocycles. The first-order valence-corrected chi connectivity index (χ1v) is 3.21. The van der Waals surface area contributed by atoms with Gasteiger partial charge in [0.15, 0.2) is 0 Å². The Labute approximate surface area is 67.9 Å². The Morgan fingerprint density at radius 1 is 1.64 bits per heavy atom. The van der Waals surface area contributed by atoms with Crippen LogP contribution in [-0.4, -0.2) is 21.0 Å². The van der Waals surface area contributed by atoms with E-state index in [1.54, 1.807) is 6.92 Å².